The van der Waals surface area contributed by atoms with Gasteiger partial charge in [-0.15, -0.1) is 0 Å². The molecule has 2 rings (SSSR count). The van der Waals surface area contributed by atoms with E-state index in [1.807, 2.05) is 6.92 Å². The van der Waals surface area contributed by atoms with Gasteiger partial charge < -0.3 is 5.32 Å². The van der Waals surface area contributed by atoms with Crippen LogP contribution in [0.1, 0.15) is 27.2 Å². The molecule has 0 bridgehead atoms. The Hall–Kier alpha value is -1.21. The molecular weight excluding hydrogens is 276 g/mol. The Morgan fingerprint density at radius 1 is 1.40 bits per heavy atom. The number of aromatic nitrogens is 2. The van der Waals surface area contributed by atoms with Gasteiger partial charge in [-0.05, 0) is 25.2 Å². The summed E-state index contributed by atoms with van der Waals surface area (Å²) < 4.78 is 26.5. The summed E-state index contributed by atoms with van der Waals surface area (Å²) >= 11 is 0. The molecule has 1 unspecified atom stereocenters. The maximum absolute atomic E-state index is 12.5. The van der Waals surface area contributed by atoms with Crippen molar-refractivity contribution < 1.29 is 8.42 Å². The molecule has 1 fully saturated rings. The summed E-state index contributed by atoms with van der Waals surface area (Å²) in [6.07, 6.45) is 3.68. The molecule has 0 saturated carbocycles. The summed E-state index contributed by atoms with van der Waals surface area (Å²) in [4.78, 5) is 8.23. The molecule has 0 amide bonds. The van der Waals surface area contributed by atoms with Crippen LogP contribution in [0.15, 0.2) is 17.3 Å². The maximum Gasteiger partial charge on any atom is 0.246 e. The van der Waals surface area contributed by atoms with Crippen molar-refractivity contribution in [1.82, 2.24) is 14.3 Å². The minimum atomic E-state index is -3.46. The maximum atomic E-state index is 12.5. The van der Waals surface area contributed by atoms with Crippen molar-refractivity contribution in [3.05, 3.63) is 12.4 Å². The van der Waals surface area contributed by atoms with E-state index in [1.165, 1.54) is 12.4 Å². The number of hydrogen-bond donors (Lipinski definition) is 1. The summed E-state index contributed by atoms with van der Waals surface area (Å²) in [7, 11) is -3.46. The summed E-state index contributed by atoms with van der Waals surface area (Å²) in [5, 5.41) is 2.95. The average Bonchev–Trinajstić information content (AvgIpc) is 2.90. The van der Waals surface area contributed by atoms with Gasteiger partial charge in [0.2, 0.25) is 16.0 Å². The van der Waals surface area contributed by atoms with Gasteiger partial charge in [-0.3, -0.25) is 0 Å². The van der Waals surface area contributed by atoms with Gasteiger partial charge in [-0.2, -0.15) is 4.31 Å². The average molecular weight is 298 g/mol. The fourth-order valence-electron chi connectivity index (χ4n) is 2.36. The van der Waals surface area contributed by atoms with E-state index in [9.17, 15) is 8.42 Å². The van der Waals surface area contributed by atoms with Crippen LogP contribution in [-0.4, -0.2) is 42.3 Å². The molecule has 2 heterocycles. The molecule has 20 heavy (non-hydrogen) atoms. The lowest BCUT2D eigenvalue weighted by Gasteiger charge is -2.17. The molecule has 1 saturated heterocycles. The number of nitrogens with one attached hydrogen (secondary N) is 1. The van der Waals surface area contributed by atoms with Gasteiger partial charge in [-0.1, -0.05) is 13.8 Å². The zero-order valence-electron chi connectivity index (χ0n) is 12.2. The van der Waals surface area contributed by atoms with E-state index < -0.39 is 10.0 Å². The van der Waals surface area contributed by atoms with Crippen molar-refractivity contribution >= 4 is 16.0 Å². The molecule has 112 valence electrons. The van der Waals surface area contributed by atoms with E-state index in [4.69, 9.17) is 0 Å². The SMILES string of the molecule is CCNc1ncc(S(=O)(=O)N2CCC(C(C)C)C2)cn1. The van der Waals surface area contributed by atoms with E-state index in [1.54, 1.807) is 4.31 Å². The summed E-state index contributed by atoms with van der Waals surface area (Å²) in [6.45, 7) is 8.08. The van der Waals surface area contributed by atoms with E-state index in [-0.39, 0.29) is 4.90 Å². The smallest absolute Gasteiger partial charge is 0.246 e. The van der Waals surface area contributed by atoms with Crippen LogP contribution in [0.4, 0.5) is 5.95 Å². The topological polar surface area (TPSA) is 75.2 Å². The Morgan fingerprint density at radius 3 is 2.55 bits per heavy atom. The zero-order chi connectivity index (χ0) is 14.8. The third kappa shape index (κ3) is 3.09. The number of anilines is 1. The highest BCUT2D eigenvalue weighted by molar-refractivity contribution is 7.89. The Bertz CT molecular complexity index is 542. The minimum Gasteiger partial charge on any atom is -0.355 e. The quantitative estimate of drug-likeness (QED) is 0.893. The lowest BCUT2D eigenvalue weighted by Crippen LogP contribution is -2.29. The predicted octanol–water partition coefficient (Wildman–Crippen LogP) is 1.57. The van der Waals surface area contributed by atoms with Crippen LogP contribution in [0.3, 0.4) is 0 Å². The van der Waals surface area contributed by atoms with Crippen molar-refractivity contribution in [2.75, 3.05) is 25.0 Å². The number of rotatable bonds is 5. The van der Waals surface area contributed by atoms with Gasteiger partial charge in [-0.25, -0.2) is 18.4 Å². The van der Waals surface area contributed by atoms with Crippen LogP contribution in [-0.2, 0) is 10.0 Å². The van der Waals surface area contributed by atoms with Crippen molar-refractivity contribution in [3.63, 3.8) is 0 Å². The highest BCUT2D eigenvalue weighted by Crippen LogP contribution is 2.28. The van der Waals surface area contributed by atoms with E-state index in [0.717, 1.165) is 6.42 Å². The van der Waals surface area contributed by atoms with Crippen LogP contribution in [0, 0.1) is 11.8 Å². The number of sulfonamides is 1. The summed E-state index contributed by atoms with van der Waals surface area (Å²) in [6, 6.07) is 0. The van der Waals surface area contributed by atoms with Gasteiger partial charge in [0.05, 0.1) is 12.4 Å². The van der Waals surface area contributed by atoms with Gasteiger partial charge in [0.25, 0.3) is 0 Å². The predicted molar refractivity (Wildman–Crippen MR) is 77.9 cm³/mol. The monoisotopic (exact) mass is 298 g/mol. The Labute approximate surface area is 120 Å². The first-order valence-corrected chi connectivity index (χ1v) is 8.45. The standard InChI is InChI=1S/C13H22N4O2S/c1-4-14-13-15-7-12(8-16-13)20(18,19)17-6-5-11(9-17)10(2)3/h7-8,10-11H,4-6,9H2,1-3H3,(H,14,15,16). The molecule has 0 aromatic carbocycles. The highest BCUT2D eigenvalue weighted by Gasteiger charge is 2.34. The van der Waals surface area contributed by atoms with Gasteiger partial charge in [0, 0.05) is 19.6 Å². The molecule has 7 heteroatoms. The Balaban J connectivity index is 2.14. The van der Waals surface area contributed by atoms with Crippen LogP contribution in [0.5, 0.6) is 0 Å². The zero-order valence-corrected chi connectivity index (χ0v) is 13.0. The molecule has 1 aromatic heterocycles. The largest absolute Gasteiger partial charge is 0.355 e. The van der Waals surface area contributed by atoms with Gasteiger partial charge >= 0.3 is 0 Å². The molecule has 1 aliphatic heterocycles. The molecule has 1 aromatic rings. The van der Waals surface area contributed by atoms with Crippen LogP contribution >= 0.6 is 0 Å². The second-order valence-electron chi connectivity index (χ2n) is 5.43. The molecule has 1 N–H and O–H groups in total. The minimum absolute atomic E-state index is 0.170. The first kappa shape index (κ1) is 15.2. The van der Waals surface area contributed by atoms with Crippen molar-refractivity contribution in [2.45, 2.75) is 32.1 Å². The highest BCUT2D eigenvalue weighted by atomic mass is 32.2. The van der Waals surface area contributed by atoms with Crippen molar-refractivity contribution in [3.8, 4) is 0 Å². The molecule has 0 aliphatic carbocycles. The fraction of sp³-hybridized carbons (Fsp3) is 0.692. The summed E-state index contributed by atoms with van der Waals surface area (Å²) in [5.41, 5.74) is 0. The van der Waals surface area contributed by atoms with E-state index >= 15 is 0 Å². The molecule has 0 radical (unpaired) electrons. The summed E-state index contributed by atoms with van der Waals surface area (Å²) in [5.74, 6) is 1.39. The Morgan fingerprint density at radius 2 is 2.05 bits per heavy atom. The molecule has 0 spiro atoms. The van der Waals surface area contributed by atoms with Crippen LogP contribution in [0.25, 0.3) is 0 Å². The lowest BCUT2D eigenvalue weighted by molar-refractivity contribution is 0.388. The van der Waals surface area contributed by atoms with Gasteiger partial charge in [0.1, 0.15) is 4.90 Å². The lowest BCUT2D eigenvalue weighted by atomic mass is 9.96. The van der Waals surface area contributed by atoms with E-state index in [2.05, 4.69) is 29.1 Å². The fourth-order valence-corrected chi connectivity index (χ4v) is 3.77. The van der Waals surface area contributed by atoms with Crippen LogP contribution in [0.2, 0.25) is 0 Å². The number of nitrogens with zero attached hydrogens (tertiary/aromatic N) is 3. The first-order chi connectivity index (χ1) is 9.45. The second-order valence-corrected chi connectivity index (χ2v) is 7.37. The third-order valence-corrected chi connectivity index (χ3v) is 5.55. The number of hydrogen-bond acceptors (Lipinski definition) is 5. The molecule has 1 aliphatic rings. The second kappa shape index (κ2) is 6.05. The van der Waals surface area contributed by atoms with Crippen molar-refractivity contribution in [1.29, 1.82) is 0 Å². The van der Waals surface area contributed by atoms with Crippen LogP contribution < -0.4 is 5.32 Å². The Kier molecular flexibility index (Phi) is 4.59. The molecule has 6 nitrogen and oxygen atoms in total. The normalized spacial score (nSPS) is 20.5. The molecule has 1 atom stereocenters. The molecular formula is C13H22N4O2S. The van der Waals surface area contributed by atoms with E-state index in [0.29, 0.717) is 37.4 Å². The third-order valence-electron chi connectivity index (χ3n) is 3.73. The van der Waals surface area contributed by atoms with Gasteiger partial charge in [0.15, 0.2) is 0 Å². The van der Waals surface area contributed by atoms with Crippen molar-refractivity contribution in [2.24, 2.45) is 11.8 Å². The first-order valence-electron chi connectivity index (χ1n) is 7.01.